The Bertz CT molecular complexity index is 2260. The summed E-state index contributed by atoms with van der Waals surface area (Å²) in [7, 11) is 0. The number of rotatable bonds is 13. The molecule has 3 N–H and O–H groups in total. The zero-order valence-corrected chi connectivity index (χ0v) is 33.6. The van der Waals surface area contributed by atoms with Crippen LogP contribution in [0.4, 0.5) is 5.69 Å². The van der Waals surface area contributed by atoms with Crippen LogP contribution in [0.1, 0.15) is 77.0 Å². The van der Waals surface area contributed by atoms with Gasteiger partial charge in [-0.3, -0.25) is 19.3 Å². The normalized spacial score (nSPS) is 15.2. The highest BCUT2D eigenvalue weighted by molar-refractivity contribution is 6.33. The summed E-state index contributed by atoms with van der Waals surface area (Å²) in [6.07, 6.45) is 4.19. The molecule has 298 valence electrons. The van der Waals surface area contributed by atoms with Crippen LogP contribution in [0.2, 0.25) is 5.02 Å². The van der Waals surface area contributed by atoms with Gasteiger partial charge in [0.05, 0.1) is 23.8 Å². The number of primary amides is 1. The number of nitrogens with two attached hydrogens (primary N) is 1. The van der Waals surface area contributed by atoms with E-state index in [2.05, 4.69) is 39.4 Å². The second-order valence-corrected chi connectivity index (χ2v) is 15.1. The number of hydrogen-bond acceptors (Lipinski definition) is 9. The van der Waals surface area contributed by atoms with Crippen LogP contribution in [0.25, 0.3) is 22.2 Å². The number of aromatic nitrogens is 4. The van der Waals surface area contributed by atoms with Crippen LogP contribution in [0.15, 0.2) is 66.9 Å². The number of carbonyl (C=O) groups is 3. The molecule has 3 aromatic heterocycles. The Morgan fingerprint density at radius 3 is 2.40 bits per heavy atom. The molecule has 57 heavy (non-hydrogen) atoms. The van der Waals surface area contributed by atoms with E-state index in [9.17, 15) is 14.4 Å². The third-order valence-corrected chi connectivity index (χ3v) is 11.2. The Labute approximate surface area is 338 Å². The number of nitrogens with zero attached hydrogens (tertiary/aromatic N) is 7. The van der Waals surface area contributed by atoms with E-state index < -0.39 is 5.91 Å². The molecular formula is C43H50ClN9O4. The second-order valence-electron chi connectivity index (χ2n) is 14.7. The van der Waals surface area contributed by atoms with Crippen molar-refractivity contribution in [1.29, 1.82) is 0 Å². The van der Waals surface area contributed by atoms with Gasteiger partial charge in [-0.2, -0.15) is 5.10 Å². The predicted octanol–water partition coefficient (Wildman–Crippen LogP) is 5.93. The number of carbonyl (C=O) groups excluding carboxylic acids is 3. The highest BCUT2D eigenvalue weighted by atomic mass is 35.5. The number of amides is 3. The largest absolute Gasteiger partial charge is 0.381 e. The van der Waals surface area contributed by atoms with Crippen molar-refractivity contribution in [3.05, 3.63) is 106 Å². The van der Waals surface area contributed by atoms with Gasteiger partial charge in [-0.15, -0.1) is 0 Å². The van der Waals surface area contributed by atoms with Crippen molar-refractivity contribution in [2.24, 2.45) is 5.73 Å². The molecule has 7 rings (SSSR count). The maximum Gasteiger partial charge on any atom is 0.273 e. The molecule has 0 saturated carbocycles. The van der Waals surface area contributed by atoms with E-state index in [-0.39, 0.29) is 42.3 Å². The third-order valence-electron chi connectivity index (χ3n) is 10.9. The van der Waals surface area contributed by atoms with Gasteiger partial charge in [0.2, 0.25) is 5.91 Å². The van der Waals surface area contributed by atoms with Crippen molar-refractivity contribution >= 4 is 46.0 Å². The van der Waals surface area contributed by atoms with Gasteiger partial charge in [0.25, 0.3) is 11.8 Å². The molecule has 0 spiro atoms. The summed E-state index contributed by atoms with van der Waals surface area (Å²) in [4.78, 5) is 54.1. The van der Waals surface area contributed by atoms with Crippen molar-refractivity contribution in [3.8, 4) is 11.1 Å². The zero-order chi connectivity index (χ0) is 40.1. The summed E-state index contributed by atoms with van der Waals surface area (Å²) < 4.78 is 7.57. The van der Waals surface area contributed by atoms with Crippen LogP contribution in [0, 0.1) is 0 Å². The first-order chi connectivity index (χ1) is 27.6. The van der Waals surface area contributed by atoms with Crippen LogP contribution >= 0.6 is 11.6 Å². The molecule has 0 aliphatic carbocycles. The summed E-state index contributed by atoms with van der Waals surface area (Å²) in [5.41, 5.74) is 13.0. The number of hydrogen-bond donors (Lipinski definition) is 2. The third kappa shape index (κ3) is 9.11. The Kier molecular flexibility index (Phi) is 12.5. The second kappa shape index (κ2) is 17.8. The van der Waals surface area contributed by atoms with E-state index in [1.54, 1.807) is 24.0 Å². The van der Waals surface area contributed by atoms with Crippen LogP contribution < -0.4 is 11.1 Å². The Morgan fingerprint density at radius 1 is 0.930 bits per heavy atom. The molecule has 0 atom stereocenters. The van der Waals surface area contributed by atoms with Crippen LogP contribution in [-0.4, -0.2) is 97.6 Å². The summed E-state index contributed by atoms with van der Waals surface area (Å²) in [5, 5.41) is 9.98. The summed E-state index contributed by atoms with van der Waals surface area (Å²) in [6.45, 7) is 12.0. The topological polar surface area (TPSA) is 152 Å². The standard InChI is InChI=1S/C43H50ClN9O4/c1-4-37-35(40(47-32-14-20-57-21-15-32)34-24-46-53(5-2)42(34)49-37)27-52(43(56)39-11-7-10-38(48-39)41(45)55)26-30-12-13-36(44)33(23-30)31-9-6-8-29(22-31)25-50-16-18-51(19-17-50)28(3)54/h6-13,22-24,32H,4-5,14-21,25-27H2,1-3H3,(H2,45,55)(H,47,49). The van der Waals surface area contributed by atoms with Gasteiger partial charge in [0.15, 0.2) is 5.65 Å². The van der Waals surface area contributed by atoms with Crippen LogP contribution in [0.3, 0.4) is 0 Å². The van der Waals surface area contributed by atoms with Gasteiger partial charge in [-0.05, 0) is 73.2 Å². The number of aryl methyl sites for hydroxylation is 2. The zero-order valence-electron chi connectivity index (χ0n) is 32.8. The van der Waals surface area contributed by atoms with Crippen LogP contribution in [0.5, 0.6) is 0 Å². The van der Waals surface area contributed by atoms with E-state index in [4.69, 9.17) is 27.1 Å². The minimum atomic E-state index is -0.710. The highest BCUT2D eigenvalue weighted by Crippen LogP contribution is 2.34. The van der Waals surface area contributed by atoms with Crippen molar-refractivity contribution in [1.82, 2.24) is 34.4 Å². The monoisotopic (exact) mass is 791 g/mol. The fourth-order valence-corrected chi connectivity index (χ4v) is 7.98. The molecular weight excluding hydrogens is 742 g/mol. The molecule has 0 unspecified atom stereocenters. The van der Waals surface area contributed by atoms with Gasteiger partial charge in [0.1, 0.15) is 11.4 Å². The van der Waals surface area contributed by atoms with Gasteiger partial charge in [-0.25, -0.2) is 14.6 Å². The fraction of sp³-hybridized carbons (Fsp3) is 0.395. The summed E-state index contributed by atoms with van der Waals surface area (Å²) >= 11 is 6.90. The van der Waals surface area contributed by atoms with Gasteiger partial charge < -0.3 is 25.6 Å². The first-order valence-corrected chi connectivity index (χ1v) is 20.1. The maximum absolute atomic E-state index is 14.6. The predicted molar refractivity (Wildman–Crippen MR) is 221 cm³/mol. The fourth-order valence-electron chi connectivity index (χ4n) is 7.75. The number of piperazine rings is 1. The van der Waals surface area contributed by atoms with Crippen molar-refractivity contribution in [2.45, 2.75) is 72.3 Å². The summed E-state index contributed by atoms with van der Waals surface area (Å²) in [5.74, 6) is -0.954. The first-order valence-electron chi connectivity index (χ1n) is 19.7. The average molecular weight is 792 g/mol. The molecule has 5 heterocycles. The molecule has 2 fully saturated rings. The molecule has 2 aromatic carbocycles. The SMILES string of the molecule is CCc1nc2c(cnn2CC)c(NC2CCOCC2)c1CN(Cc1ccc(Cl)c(-c2cccc(CN3CCN(C(C)=O)CC3)c2)c1)C(=O)c1cccc(C(N)=O)n1. The van der Waals surface area contributed by atoms with Crippen molar-refractivity contribution in [3.63, 3.8) is 0 Å². The van der Waals surface area contributed by atoms with Crippen LogP contribution in [-0.2, 0) is 42.1 Å². The molecule has 2 saturated heterocycles. The molecule has 14 heteroatoms. The molecule has 2 aliphatic rings. The van der Waals surface area contributed by atoms with E-state index in [0.717, 1.165) is 95.8 Å². The van der Waals surface area contributed by atoms with Crippen molar-refractivity contribution in [2.75, 3.05) is 44.7 Å². The maximum atomic E-state index is 14.6. The van der Waals surface area contributed by atoms with Gasteiger partial charge in [-0.1, -0.05) is 48.9 Å². The van der Waals surface area contributed by atoms with Gasteiger partial charge in [0, 0.05) is 93.8 Å². The highest BCUT2D eigenvalue weighted by Gasteiger charge is 2.27. The molecule has 0 radical (unpaired) electrons. The molecule has 0 bridgehead atoms. The lowest BCUT2D eigenvalue weighted by atomic mass is 9.99. The molecule has 3 amide bonds. The van der Waals surface area contributed by atoms with E-state index in [1.165, 1.54) is 6.07 Å². The van der Waals surface area contributed by atoms with E-state index >= 15 is 0 Å². The Morgan fingerprint density at radius 2 is 1.68 bits per heavy atom. The lowest BCUT2D eigenvalue weighted by Crippen LogP contribution is -2.47. The quantitative estimate of drug-likeness (QED) is 0.148. The number of ether oxygens (including phenoxy) is 1. The smallest absolute Gasteiger partial charge is 0.273 e. The number of nitrogens with one attached hydrogen (secondary N) is 1. The number of anilines is 1. The number of fused-ring (bicyclic) bond motifs is 1. The minimum absolute atomic E-state index is 0.0152. The number of benzene rings is 2. The molecule has 13 nitrogen and oxygen atoms in total. The van der Waals surface area contributed by atoms with Crippen molar-refractivity contribution < 1.29 is 19.1 Å². The Balaban J connectivity index is 1.24. The average Bonchev–Trinajstić information content (AvgIpc) is 3.65. The summed E-state index contributed by atoms with van der Waals surface area (Å²) in [6, 6.07) is 19.1. The van der Waals surface area contributed by atoms with E-state index in [0.29, 0.717) is 31.2 Å². The minimum Gasteiger partial charge on any atom is -0.381 e. The van der Waals surface area contributed by atoms with E-state index in [1.807, 2.05) is 53.0 Å². The first kappa shape index (κ1) is 39.8. The number of pyridine rings is 2. The molecule has 5 aromatic rings. The Hall–Kier alpha value is -5.37. The molecule has 2 aliphatic heterocycles. The number of halogens is 1. The lowest BCUT2D eigenvalue weighted by Gasteiger charge is -2.34. The lowest BCUT2D eigenvalue weighted by molar-refractivity contribution is -0.130. The van der Waals surface area contributed by atoms with Gasteiger partial charge >= 0.3 is 0 Å².